The molecule has 2 heterocycles. The summed E-state index contributed by atoms with van der Waals surface area (Å²) in [6.07, 6.45) is 0.848. The molecule has 2 rings (SSSR count). The maximum absolute atomic E-state index is 5.29. The first-order valence-electron chi connectivity index (χ1n) is 6.62. The van der Waals surface area contributed by atoms with Crippen LogP contribution in [0.1, 0.15) is 49.8 Å². The predicted octanol–water partition coefficient (Wildman–Crippen LogP) is 2.11. The molecular formula is C13H21N5O. The van der Waals surface area contributed by atoms with E-state index in [1.807, 2.05) is 20.0 Å². The van der Waals surface area contributed by atoms with E-state index in [4.69, 9.17) is 4.52 Å². The van der Waals surface area contributed by atoms with Crippen molar-refractivity contribution in [3.63, 3.8) is 0 Å². The van der Waals surface area contributed by atoms with Crippen molar-refractivity contribution in [1.82, 2.24) is 25.2 Å². The lowest BCUT2D eigenvalue weighted by Crippen LogP contribution is -2.18. The van der Waals surface area contributed by atoms with Crippen molar-refractivity contribution in [2.75, 3.05) is 7.05 Å². The van der Waals surface area contributed by atoms with Gasteiger partial charge in [-0.3, -0.25) is 10.00 Å². The lowest BCUT2D eigenvalue weighted by molar-refractivity contribution is 0.293. The Bertz CT molecular complexity index is 517. The van der Waals surface area contributed by atoms with E-state index in [1.54, 1.807) is 0 Å². The van der Waals surface area contributed by atoms with Crippen LogP contribution in [0.4, 0.5) is 0 Å². The Labute approximate surface area is 113 Å². The Balaban J connectivity index is 1.91. The molecule has 0 fully saturated rings. The lowest BCUT2D eigenvalue weighted by Gasteiger charge is -2.12. The summed E-state index contributed by atoms with van der Waals surface area (Å²) >= 11 is 0. The molecule has 0 bridgehead atoms. The molecule has 0 spiro atoms. The zero-order valence-electron chi connectivity index (χ0n) is 12.0. The number of hydrogen-bond acceptors (Lipinski definition) is 5. The number of rotatable bonds is 6. The van der Waals surface area contributed by atoms with Crippen molar-refractivity contribution in [2.24, 2.45) is 0 Å². The molecule has 0 atom stereocenters. The van der Waals surface area contributed by atoms with Crippen molar-refractivity contribution < 1.29 is 4.52 Å². The van der Waals surface area contributed by atoms with Crippen LogP contribution in [0.2, 0.25) is 0 Å². The van der Waals surface area contributed by atoms with Gasteiger partial charge in [0, 0.05) is 24.9 Å². The van der Waals surface area contributed by atoms with Crippen LogP contribution in [0.3, 0.4) is 0 Å². The molecule has 0 amide bonds. The van der Waals surface area contributed by atoms with Crippen LogP contribution >= 0.6 is 0 Å². The minimum absolute atomic E-state index is 0.368. The van der Waals surface area contributed by atoms with Crippen molar-refractivity contribution in [2.45, 2.75) is 46.2 Å². The second-order valence-corrected chi connectivity index (χ2v) is 5.10. The third-order valence-electron chi connectivity index (χ3n) is 2.89. The highest BCUT2D eigenvalue weighted by Gasteiger charge is 2.11. The van der Waals surface area contributed by atoms with Gasteiger partial charge in [0.05, 0.1) is 12.2 Å². The summed E-state index contributed by atoms with van der Waals surface area (Å²) in [5.74, 6) is 3.03. The number of aromatic nitrogens is 4. The zero-order valence-corrected chi connectivity index (χ0v) is 12.0. The van der Waals surface area contributed by atoms with Gasteiger partial charge in [-0.05, 0) is 7.05 Å². The average molecular weight is 263 g/mol. The monoisotopic (exact) mass is 263 g/mol. The zero-order chi connectivity index (χ0) is 13.8. The summed E-state index contributed by atoms with van der Waals surface area (Å²) in [5.41, 5.74) is 0.946. The number of H-pyrrole nitrogens is 1. The summed E-state index contributed by atoms with van der Waals surface area (Å²) in [5, 5.41) is 11.2. The van der Waals surface area contributed by atoms with Gasteiger partial charge in [0.2, 0.25) is 0 Å². The number of nitrogens with one attached hydrogen (secondary N) is 1. The molecule has 0 aliphatic rings. The topological polar surface area (TPSA) is 70.8 Å². The molecule has 1 N–H and O–H groups in total. The third-order valence-corrected chi connectivity index (χ3v) is 2.89. The third kappa shape index (κ3) is 3.64. The molecule has 2 aromatic rings. The van der Waals surface area contributed by atoms with Crippen molar-refractivity contribution in [3.05, 3.63) is 29.2 Å². The Morgan fingerprint density at radius 2 is 2.16 bits per heavy atom. The van der Waals surface area contributed by atoms with Gasteiger partial charge in [0.1, 0.15) is 17.4 Å². The molecule has 0 radical (unpaired) electrons. The first kappa shape index (κ1) is 13.7. The van der Waals surface area contributed by atoms with Gasteiger partial charge in [-0.15, -0.1) is 0 Å². The van der Waals surface area contributed by atoms with Gasteiger partial charge in [-0.1, -0.05) is 25.9 Å². The summed E-state index contributed by atoms with van der Waals surface area (Å²) in [7, 11) is 2.03. The van der Waals surface area contributed by atoms with E-state index in [2.05, 4.69) is 39.1 Å². The second-order valence-electron chi connectivity index (χ2n) is 5.10. The first-order chi connectivity index (χ1) is 9.08. The Morgan fingerprint density at radius 1 is 1.37 bits per heavy atom. The van der Waals surface area contributed by atoms with Crippen LogP contribution in [0.25, 0.3) is 0 Å². The van der Waals surface area contributed by atoms with Gasteiger partial charge in [0.15, 0.2) is 0 Å². The highest BCUT2D eigenvalue weighted by atomic mass is 16.5. The Hall–Kier alpha value is -1.69. The minimum Gasteiger partial charge on any atom is -0.361 e. The molecule has 0 aliphatic heterocycles. The van der Waals surface area contributed by atoms with E-state index in [0.717, 1.165) is 42.6 Å². The van der Waals surface area contributed by atoms with E-state index in [-0.39, 0.29) is 0 Å². The summed E-state index contributed by atoms with van der Waals surface area (Å²) in [4.78, 5) is 6.52. The van der Waals surface area contributed by atoms with Crippen LogP contribution in [0, 0.1) is 0 Å². The molecule has 0 aromatic carbocycles. The van der Waals surface area contributed by atoms with Gasteiger partial charge in [0.25, 0.3) is 0 Å². The molecule has 19 heavy (non-hydrogen) atoms. The Kier molecular flexibility index (Phi) is 4.31. The van der Waals surface area contributed by atoms with E-state index in [1.165, 1.54) is 0 Å². The van der Waals surface area contributed by atoms with Gasteiger partial charge < -0.3 is 4.52 Å². The summed E-state index contributed by atoms with van der Waals surface area (Å²) < 4.78 is 5.29. The summed E-state index contributed by atoms with van der Waals surface area (Å²) in [6.45, 7) is 7.68. The average Bonchev–Trinajstić information content (AvgIpc) is 2.98. The molecular weight excluding hydrogens is 242 g/mol. The van der Waals surface area contributed by atoms with Crippen LogP contribution in [0.15, 0.2) is 10.6 Å². The fourth-order valence-corrected chi connectivity index (χ4v) is 1.83. The number of aryl methyl sites for hydroxylation is 1. The van der Waals surface area contributed by atoms with Crippen molar-refractivity contribution in [1.29, 1.82) is 0 Å². The highest BCUT2D eigenvalue weighted by molar-refractivity contribution is 5.08. The van der Waals surface area contributed by atoms with E-state index in [9.17, 15) is 0 Å². The molecule has 2 aromatic heterocycles. The fraction of sp³-hybridized carbons (Fsp3) is 0.615. The van der Waals surface area contributed by atoms with Crippen LogP contribution < -0.4 is 0 Å². The molecule has 6 nitrogen and oxygen atoms in total. The van der Waals surface area contributed by atoms with Crippen molar-refractivity contribution in [3.8, 4) is 0 Å². The standard InChI is InChI=1S/C13H21N5O/c1-5-12-14-13(16-15-12)8-18(4)7-10-6-11(9(2)3)19-17-10/h6,9H,5,7-8H2,1-4H3,(H,14,15,16). The maximum Gasteiger partial charge on any atom is 0.150 e. The molecule has 0 saturated carbocycles. The predicted molar refractivity (Wildman–Crippen MR) is 71.5 cm³/mol. The number of aromatic amines is 1. The molecule has 0 unspecified atom stereocenters. The molecule has 6 heteroatoms. The van der Waals surface area contributed by atoms with Gasteiger partial charge >= 0.3 is 0 Å². The normalized spacial score (nSPS) is 11.7. The molecule has 104 valence electrons. The molecule has 0 aliphatic carbocycles. The largest absolute Gasteiger partial charge is 0.361 e. The van der Waals surface area contributed by atoms with Crippen LogP contribution in [-0.2, 0) is 19.5 Å². The van der Waals surface area contributed by atoms with Crippen molar-refractivity contribution >= 4 is 0 Å². The minimum atomic E-state index is 0.368. The highest BCUT2D eigenvalue weighted by Crippen LogP contribution is 2.16. The SMILES string of the molecule is CCc1n[nH]c(CN(C)Cc2cc(C(C)C)on2)n1. The first-order valence-corrected chi connectivity index (χ1v) is 6.62. The van der Waals surface area contributed by atoms with Crippen LogP contribution in [0.5, 0.6) is 0 Å². The van der Waals surface area contributed by atoms with E-state index in [0.29, 0.717) is 5.92 Å². The Morgan fingerprint density at radius 3 is 2.74 bits per heavy atom. The van der Waals surface area contributed by atoms with E-state index < -0.39 is 0 Å². The molecule has 0 saturated heterocycles. The maximum atomic E-state index is 5.29. The van der Waals surface area contributed by atoms with Gasteiger partial charge in [-0.25, -0.2) is 4.98 Å². The van der Waals surface area contributed by atoms with E-state index >= 15 is 0 Å². The fourth-order valence-electron chi connectivity index (χ4n) is 1.83. The van der Waals surface area contributed by atoms with Crippen LogP contribution in [-0.4, -0.2) is 32.3 Å². The summed E-state index contributed by atoms with van der Waals surface area (Å²) in [6, 6.07) is 2.01. The second kappa shape index (κ2) is 5.97. The number of nitrogens with zero attached hydrogens (tertiary/aromatic N) is 4. The van der Waals surface area contributed by atoms with Gasteiger partial charge in [-0.2, -0.15) is 5.10 Å². The number of hydrogen-bond donors (Lipinski definition) is 1. The quantitative estimate of drug-likeness (QED) is 0.864. The smallest absolute Gasteiger partial charge is 0.150 e. The lowest BCUT2D eigenvalue weighted by atomic mass is 10.1.